The van der Waals surface area contributed by atoms with Crippen molar-refractivity contribution in [2.75, 3.05) is 18.5 Å². The van der Waals surface area contributed by atoms with Crippen LogP contribution in [0.3, 0.4) is 0 Å². The van der Waals surface area contributed by atoms with Crippen molar-refractivity contribution in [3.05, 3.63) is 76.5 Å². The average molecular weight is 436 g/mol. The number of esters is 1. The summed E-state index contributed by atoms with van der Waals surface area (Å²) in [5, 5.41) is 5.83. The van der Waals surface area contributed by atoms with Gasteiger partial charge in [0.25, 0.3) is 5.91 Å². The quantitative estimate of drug-likeness (QED) is 0.624. The van der Waals surface area contributed by atoms with E-state index in [9.17, 15) is 14.4 Å². The third-order valence-electron chi connectivity index (χ3n) is 5.41. The van der Waals surface area contributed by atoms with E-state index < -0.39 is 12.0 Å². The molecule has 0 saturated carbocycles. The normalized spacial score (nSPS) is 15.9. The first-order valence-electron chi connectivity index (χ1n) is 10.8. The molecular formula is C25H29N3O4. The second-order valence-corrected chi connectivity index (χ2v) is 7.65. The number of hydrogen-bond acceptors (Lipinski definition) is 4. The van der Waals surface area contributed by atoms with Gasteiger partial charge in [-0.05, 0) is 56.5 Å². The number of nitrogens with zero attached hydrogens (tertiary/aromatic N) is 1. The van der Waals surface area contributed by atoms with E-state index >= 15 is 0 Å². The summed E-state index contributed by atoms with van der Waals surface area (Å²) in [7, 11) is 0. The van der Waals surface area contributed by atoms with Crippen molar-refractivity contribution in [1.82, 2.24) is 10.2 Å². The van der Waals surface area contributed by atoms with E-state index in [0.717, 1.165) is 12.0 Å². The summed E-state index contributed by atoms with van der Waals surface area (Å²) in [4.78, 5) is 39.8. The molecule has 0 bridgehead atoms. The summed E-state index contributed by atoms with van der Waals surface area (Å²) in [5.74, 6) is -0.690. The Labute approximate surface area is 188 Å². The van der Waals surface area contributed by atoms with Crippen LogP contribution < -0.4 is 10.6 Å². The molecular weight excluding hydrogens is 406 g/mol. The summed E-state index contributed by atoms with van der Waals surface area (Å²) in [6.07, 6.45) is 0.756. The highest BCUT2D eigenvalue weighted by atomic mass is 16.5. The fourth-order valence-electron chi connectivity index (χ4n) is 3.82. The predicted octanol–water partition coefficient (Wildman–Crippen LogP) is 4.56. The van der Waals surface area contributed by atoms with Crippen LogP contribution in [0.2, 0.25) is 0 Å². The Bertz CT molecular complexity index is 1060. The van der Waals surface area contributed by atoms with E-state index in [1.54, 1.807) is 43.0 Å². The van der Waals surface area contributed by atoms with Crippen molar-refractivity contribution in [1.29, 1.82) is 0 Å². The molecule has 7 heteroatoms. The number of urea groups is 1. The monoisotopic (exact) mass is 435 g/mol. The summed E-state index contributed by atoms with van der Waals surface area (Å²) in [5.41, 5.74) is 3.68. The summed E-state index contributed by atoms with van der Waals surface area (Å²) < 4.78 is 5.29. The zero-order chi connectivity index (χ0) is 23.3. The highest BCUT2D eigenvalue weighted by molar-refractivity contribution is 6.05. The van der Waals surface area contributed by atoms with E-state index in [4.69, 9.17) is 4.74 Å². The van der Waals surface area contributed by atoms with Gasteiger partial charge in [0, 0.05) is 23.5 Å². The zero-order valence-electron chi connectivity index (χ0n) is 18.9. The fourth-order valence-corrected chi connectivity index (χ4v) is 3.82. The molecule has 0 fully saturated rings. The van der Waals surface area contributed by atoms with Gasteiger partial charge in [-0.25, -0.2) is 9.59 Å². The molecule has 1 atom stereocenters. The van der Waals surface area contributed by atoms with Crippen LogP contribution >= 0.6 is 0 Å². The minimum atomic E-state index is -0.676. The van der Waals surface area contributed by atoms with Gasteiger partial charge in [-0.15, -0.1) is 0 Å². The molecule has 2 aromatic carbocycles. The molecule has 7 nitrogen and oxygen atoms in total. The maximum atomic E-state index is 12.8. The van der Waals surface area contributed by atoms with Crippen LogP contribution in [-0.4, -0.2) is 36.0 Å². The first kappa shape index (κ1) is 23.1. The fraction of sp³-hybridized carbons (Fsp3) is 0.320. The van der Waals surface area contributed by atoms with Crippen molar-refractivity contribution >= 4 is 23.6 Å². The van der Waals surface area contributed by atoms with E-state index in [2.05, 4.69) is 10.6 Å². The highest BCUT2D eigenvalue weighted by Crippen LogP contribution is 2.32. The van der Waals surface area contributed by atoms with Crippen LogP contribution in [0.25, 0.3) is 0 Å². The molecule has 2 N–H and O–H groups in total. The van der Waals surface area contributed by atoms with E-state index in [-0.39, 0.29) is 18.5 Å². The number of nitrogens with one attached hydrogen (secondary N) is 2. The van der Waals surface area contributed by atoms with Crippen LogP contribution in [0.15, 0.2) is 59.8 Å². The van der Waals surface area contributed by atoms with Gasteiger partial charge in [-0.3, -0.25) is 9.69 Å². The number of carbonyl (C=O) groups excluding carboxylic acids is 3. The number of anilines is 1. The molecule has 0 aliphatic carbocycles. The number of benzene rings is 2. The van der Waals surface area contributed by atoms with Crippen molar-refractivity contribution in [3.8, 4) is 0 Å². The Balaban J connectivity index is 1.95. The van der Waals surface area contributed by atoms with E-state index in [1.165, 1.54) is 0 Å². The molecule has 0 aromatic heterocycles. The topological polar surface area (TPSA) is 87.7 Å². The number of hydrogen-bond donors (Lipinski definition) is 2. The van der Waals surface area contributed by atoms with Crippen molar-refractivity contribution < 1.29 is 19.1 Å². The maximum absolute atomic E-state index is 12.8. The van der Waals surface area contributed by atoms with Crippen molar-refractivity contribution in [2.24, 2.45) is 0 Å². The second kappa shape index (κ2) is 10.1. The third kappa shape index (κ3) is 4.82. The molecule has 0 saturated heterocycles. The van der Waals surface area contributed by atoms with Gasteiger partial charge in [0.2, 0.25) is 0 Å². The molecule has 3 amide bonds. The molecule has 0 spiro atoms. The van der Waals surface area contributed by atoms with Gasteiger partial charge in [0.1, 0.15) is 0 Å². The van der Waals surface area contributed by atoms with E-state index in [0.29, 0.717) is 34.6 Å². The van der Waals surface area contributed by atoms with Gasteiger partial charge in [0.05, 0.1) is 18.2 Å². The molecule has 32 heavy (non-hydrogen) atoms. The summed E-state index contributed by atoms with van der Waals surface area (Å²) >= 11 is 0. The molecule has 1 unspecified atom stereocenters. The Morgan fingerprint density at radius 2 is 1.84 bits per heavy atom. The number of carbonyl (C=O) groups is 3. The van der Waals surface area contributed by atoms with Gasteiger partial charge in [0.15, 0.2) is 0 Å². The highest BCUT2D eigenvalue weighted by Gasteiger charge is 2.36. The Kier molecular flexibility index (Phi) is 7.30. The molecule has 3 rings (SSSR count). The molecule has 1 aliphatic heterocycles. The van der Waals surface area contributed by atoms with Gasteiger partial charge in [-0.1, -0.05) is 37.3 Å². The van der Waals surface area contributed by atoms with Crippen LogP contribution in [-0.2, 0) is 9.53 Å². The summed E-state index contributed by atoms with van der Waals surface area (Å²) in [6, 6.07) is 13.5. The first-order valence-corrected chi connectivity index (χ1v) is 10.8. The lowest BCUT2D eigenvalue weighted by Gasteiger charge is -2.35. The Morgan fingerprint density at radius 3 is 2.53 bits per heavy atom. The lowest BCUT2D eigenvalue weighted by atomic mass is 9.94. The van der Waals surface area contributed by atoms with Crippen LogP contribution in [0.4, 0.5) is 10.5 Å². The number of rotatable bonds is 7. The van der Waals surface area contributed by atoms with E-state index in [1.807, 2.05) is 38.1 Å². The van der Waals surface area contributed by atoms with Gasteiger partial charge in [-0.2, -0.15) is 0 Å². The molecule has 168 valence electrons. The smallest absolute Gasteiger partial charge is 0.338 e. The standard InChI is InChI=1S/C25H29N3O4/c1-5-14-28-17(4)21(24(30)32-6-2)22(27-25(28)31)18-11-9-12-19(15-18)26-23(29)20-13-8-7-10-16(20)3/h7-13,15,22H,5-6,14H2,1-4H3,(H,26,29)(H,27,31). The SMILES string of the molecule is CCCN1C(=O)NC(c2cccc(NC(=O)c3ccccc3C)c2)C(C(=O)OCC)=C1C. The van der Waals surface area contributed by atoms with Crippen LogP contribution in [0, 0.1) is 6.92 Å². The minimum Gasteiger partial charge on any atom is -0.463 e. The largest absolute Gasteiger partial charge is 0.463 e. The van der Waals surface area contributed by atoms with Gasteiger partial charge < -0.3 is 15.4 Å². The molecule has 0 radical (unpaired) electrons. The van der Waals surface area contributed by atoms with Crippen LogP contribution in [0.5, 0.6) is 0 Å². The second-order valence-electron chi connectivity index (χ2n) is 7.65. The number of allylic oxidation sites excluding steroid dienone is 1. The number of ether oxygens (including phenoxy) is 1. The lowest BCUT2D eigenvalue weighted by Crippen LogP contribution is -2.48. The third-order valence-corrected chi connectivity index (χ3v) is 5.41. The summed E-state index contributed by atoms with van der Waals surface area (Å²) in [6.45, 7) is 8.09. The molecule has 1 heterocycles. The molecule has 2 aromatic rings. The first-order chi connectivity index (χ1) is 15.4. The van der Waals surface area contributed by atoms with Gasteiger partial charge >= 0.3 is 12.0 Å². The predicted molar refractivity (Wildman–Crippen MR) is 123 cm³/mol. The average Bonchev–Trinajstić information content (AvgIpc) is 2.76. The lowest BCUT2D eigenvalue weighted by molar-refractivity contribution is -0.139. The maximum Gasteiger partial charge on any atom is 0.338 e. The Hall–Kier alpha value is -3.61. The van der Waals surface area contributed by atoms with Crippen molar-refractivity contribution in [3.63, 3.8) is 0 Å². The van der Waals surface area contributed by atoms with Crippen molar-refractivity contribution in [2.45, 2.75) is 40.2 Å². The van der Waals surface area contributed by atoms with Crippen LogP contribution in [0.1, 0.15) is 54.7 Å². The molecule has 1 aliphatic rings. The number of amides is 3. The zero-order valence-corrected chi connectivity index (χ0v) is 18.9. The number of aryl methyl sites for hydroxylation is 1. The Morgan fingerprint density at radius 1 is 1.09 bits per heavy atom. The minimum absolute atomic E-state index is 0.223.